The summed E-state index contributed by atoms with van der Waals surface area (Å²) in [5, 5.41) is 29.6. The van der Waals surface area contributed by atoms with E-state index in [9.17, 15) is 20.0 Å². The first-order chi connectivity index (χ1) is 9.95. The van der Waals surface area contributed by atoms with Crippen LogP contribution in [0.25, 0.3) is 0 Å². The Bertz CT molecular complexity index is 562. The Hall–Kier alpha value is -2.19. The van der Waals surface area contributed by atoms with Gasteiger partial charge in [0.15, 0.2) is 0 Å². The predicted molar refractivity (Wildman–Crippen MR) is 73.7 cm³/mol. The molecule has 114 valence electrons. The summed E-state index contributed by atoms with van der Waals surface area (Å²) in [6.07, 6.45) is -0.450. The molecule has 2 unspecified atom stereocenters. The van der Waals surface area contributed by atoms with Crippen molar-refractivity contribution in [1.82, 2.24) is 0 Å². The smallest absolute Gasteiger partial charge is 0.342 e. The fourth-order valence-electron chi connectivity index (χ4n) is 2.39. The van der Waals surface area contributed by atoms with Crippen molar-refractivity contribution in [3.05, 3.63) is 33.9 Å². The van der Waals surface area contributed by atoms with Crippen molar-refractivity contribution in [2.75, 3.05) is 24.7 Å². The van der Waals surface area contributed by atoms with Gasteiger partial charge in [0, 0.05) is 12.6 Å². The van der Waals surface area contributed by atoms with Crippen molar-refractivity contribution >= 4 is 17.3 Å². The fourth-order valence-corrected chi connectivity index (χ4v) is 2.39. The van der Waals surface area contributed by atoms with Crippen LogP contribution in [0, 0.1) is 10.1 Å². The van der Waals surface area contributed by atoms with Crippen molar-refractivity contribution in [3.63, 3.8) is 0 Å². The van der Waals surface area contributed by atoms with Crippen LogP contribution in [-0.2, 0) is 4.74 Å². The second-order valence-corrected chi connectivity index (χ2v) is 4.87. The SMILES string of the molecule is CC1COC(CO)CN1c1cccc(C(=O)O)c1[N+](=O)[O-]. The summed E-state index contributed by atoms with van der Waals surface area (Å²) in [7, 11) is 0. The number of aromatic carboxylic acids is 1. The standard InChI is InChI=1S/C13H16N2O6/c1-8-7-21-9(6-16)5-14(8)11-4-2-3-10(13(17)18)12(11)15(19)20/h2-4,8-9,16H,5-7H2,1H3,(H,17,18). The minimum Gasteiger partial charge on any atom is -0.477 e. The monoisotopic (exact) mass is 296 g/mol. The molecule has 0 spiro atoms. The molecule has 0 aliphatic carbocycles. The number of hydrogen-bond acceptors (Lipinski definition) is 6. The number of nitro groups is 1. The van der Waals surface area contributed by atoms with E-state index in [1.165, 1.54) is 18.2 Å². The third kappa shape index (κ3) is 2.96. The number of aliphatic hydroxyl groups is 1. The molecule has 1 heterocycles. The van der Waals surface area contributed by atoms with Gasteiger partial charge >= 0.3 is 11.7 Å². The summed E-state index contributed by atoms with van der Waals surface area (Å²) in [6, 6.07) is 4.04. The molecule has 2 rings (SSSR count). The molecule has 1 aliphatic heterocycles. The lowest BCUT2D eigenvalue weighted by Crippen LogP contribution is -2.49. The Labute approximate surface area is 120 Å². The summed E-state index contributed by atoms with van der Waals surface area (Å²) in [5.74, 6) is -1.34. The van der Waals surface area contributed by atoms with Gasteiger partial charge in [0.25, 0.3) is 0 Å². The average Bonchev–Trinajstić information content (AvgIpc) is 2.46. The summed E-state index contributed by atoms with van der Waals surface area (Å²) in [5.41, 5.74) is -0.554. The van der Waals surface area contributed by atoms with Crippen LogP contribution < -0.4 is 4.90 Å². The number of rotatable bonds is 4. The van der Waals surface area contributed by atoms with E-state index in [1.807, 2.05) is 6.92 Å². The molecule has 2 N–H and O–H groups in total. The second kappa shape index (κ2) is 6.06. The topological polar surface area (TPSA) is 113 Å². The van der Waals surface area contributed by atoms with E-state index >= 15 is 0 Å². The van der Waals surface area contributed by atoms with Gasteiger partial charge in [-0.05, 0) is 19.1 Å². The van der Waals surface area contributed by atoms with E-state index in [4.69, 9.17) is 9.84 Å². The average molecular weight is 296 g/mol. The van der Waals surface area contributed by atoms with Gasteiger partial charge in [-0.1, -0.05) is 6.07 Å². The minimum atomic E-state index is -1.34. The number of carbonyl (C=O) groups is 1. The number of nitro benzene ring substituents is 1. The van der Waals surface area contributed by atoms with Crippen LogP contribution in [0.2, 0.25) is 0 Å². The lowest BCUT2D eigenvalue weighted by Gasteiger charge is -2.38. The molecule has 8 nitrogen and oxygen atoms in total. The molecule has 2 atom stereocenters. The molecular weight excluding hydrogens is 280 g/mol. The molecule has 0 radical (unpaired) electrons. The molecule has 0 amide bonds. The highest BCUT2D eigenvalue weighted by Gasteiger charge is 2.33. The number of benzene rings is 1. The summed E-state index contributed by atoms with van der Waals surface area (Å²) >= 11 is 0. The van der Waals surface area contributed by atoms with Crippen molar-refractivity contribution in [1.29, 1.82) is 0 Å². The van der Waals surface area contributed by atoms with Gasteiger partial charge in [-0.3, -0.25) is 10.1 Å². The second-order valence-electron chi connectivity index (χ2n) is 4.87. The normalized spacial score (nSPS) is 22.1. The van der Waals surface area contributed by atoms with Gasteiger partial charge in [0.1, 0.15) is 11.3 Å². The fraction of sp³-hybridized carbons (Fsp3) is 0.462. The van der Waals surface area contributed by atoms with Gasteiger partial charge in [0.05, 0.1) is 24.2 Å². The third-order valence-corrected chi connectivity index (χ3v) is 3.45. The molecule has 0 saturated carbocycles. The minimum absolute atomic E-state index is 0.157. The Morgan fingerprint density at radius 2 is 2.29 bits per heavy atom. The maximum atomic E-state index is 11.3. The molecule has 0 aromatic heterocycles. The van der Waals surface area contributed by atoms with Crippen molar-refractivity contribution in [3.8, 4) is 0 Å². The van der Waals surface area contributed by atoms with Crippen LogP contribution in [-0.4, -0.2) is 53.0 Å². The van der Waals surface area contributed by atoms with Crippen molar-refractivity contribution in [2.45, 2.75) is 19.1 Å². The number of aliphatic hydroxyl groups excluding tert-OH is 1. The van der Waals surface area contributed by atoms with Gasteiger partial charge in [0.2, 0.25) is 0 Å². The molecule has 1 fully saturated rings. The zero-order valence-corrected chi connectivity index (χ0v) is 11.4. The maximum absolute atomic E-state index is 11.3. The molecule has 1 aromatic rings. The van der Waals surface area contributed by atoms with E-state index < -0.39 is 22.7 Å². The zero-order chi connectivity index (χ0) is 15.6. The van der Waals surface area contributed by atoms with E-state index in [0.717, 1.165) is 0 Å². The quantitative estimate of drug-likeness (QED) is 0.626. The van der Waals surface area contributed by atoms with Crippen LogP contribution >= 0.6 is 0 Å². The molecular formula is C13H16N2O6. The van der Waals surface area contributed by atoms with Crippen molar-refractivity contribution < 1.29 is 24.7 Å². The largest absolute Gasteiger partial charge is 0.477 e. The maximum Gasteiger partial charge on any atom is 0.342 e. The van der Waals surface area contributed by atoms with E-state index in [-0.39, 0.29) is 30.4 Å². The van der Waals surface area contributed by atoms with Crippen LogP contribution in [0.5, 0.6) is 0 Å². The molecule has 1 aromatic carbocycles. The summed E-state index contributed by atoms with van der Waals surface area (Å²) < 4.78 is 5.39. The van der Waals surface area contributed by atoms with E-state index in [0.29, 0.717) is 6.61 Å². The van der Waals surface area contributed by atoms with Gasteiger partial charge in [-0.25, -0.2) is 4.79 Å². The first-order valence-electron chi connectivity index (χ1n) is 6.45. The van der Waals surface area contributed by atoms with E-state index in [1.54, 1.807) is 4.90 Å². The highest BCUT2D eigenvalue weighted by atomic mass is 16.6. The van der Waals surface area contributed by atoms with Gasteiger partial charge < -0.3 is 19.8 Å². The Morgan fingerprint density at radius 1 is 1.57 bits per heavy atom. The summed E-state index contributed by atoms with van der Waals surface area (Å²) in [4.78, 5) is 23.5. The van der Waals surface area contributed by atoms with E-state index in [2.05, 4.69) is 0 Å². The summed E-state index contributed by atoms with van der Waals surface area (Å²) in [6.45, 7) is 2.20. The molecule has 1 saturated heterocycles. The van der Waals surface area contributed by atoms with Gasteiger partial charge in [-0.15, -0.1) is 0 Å². The molecule has 1 aliphatic rings. The number of carboxylic acids is 1. The Balaban J connectivity index is 2.49. The Kier molecular flexibility index (Phi) is 4.39. The number of anilines is 1. The number of para-hydroxylation sites is 1. The molecule has 21 heavy (non-hydrogen) atoms. The lowest BCUT2D eigenvalue weighted by atomic mass is 10.1. The highest BCUT2D eigenvalue weighted by Crippen LogP contribution is 2.34. The lowest BCUT2D eigenvalue weighted by molar-refractivity contribution is -0.384. The van der Waals surface area contributed by atoms with Crippen LogP contribution in [0.3, 0.4) is 0 Å². The number of ether oxygens (including phenoxy) is 1. The van der Waals surface area contributed by atoms with Crippen LogP contribution in [0.4, 0.5) is 11.4 Å². The Morgan fingerprint density at radius 3 is 2.86 bits per heavy atom. The first-order valence-corrected chi connectivity index (χ1v) is 6.45. The number of hydrogen-bond donors (Lipinski definition) is 2. The van der Waals surface area contributed by atoms with Crippen LogP contribution in [0.15, 0.2) is 18.2 Å². The first kappa shape index (κ1) is 15.2. The molecule has 8 heteroatoms. The predicted octanol–water partition coefficient (Wildman–Crippen LogP) is 0.879. The third-order valence-electron chi connectivity index (χ3n) is 3.45. The van der Waals surface area contributed by atoms with Crippen LogP contribution in [0.1, 0.15) is 17.3 Å². The number of carboxylic acid groups (broad SMARTS) is 1. The number of morpholine rings is 1. The van der Waals surface area contributed by atoms with Gasteiger partial charge in [-0.2, -0.15) is 0 Å². The molecule has 0 bridgehead atoms. The zero-order valence-electron chi connectivity index (χ0n) is 11.4. The highest BCUT2D eigenvalue weighted by molar-refractivity contribution is 5.95. The van der Waals surface area contributed by atoms with Crippen molar-refractivity contribution in [2.24, 2.45) is 0 Å². The number of nitrogens with zero attached hydrogens (tertiary/aromatic N) is 2.